The van der Waals surface area contributed by atoms with Gasteiger partial charge in [-0.3, -0.25) is 4.79 Å². The van der Waals surface area contributed by atoms with Gasteiger partial charge in [0, 0.05) is 54.5 Å². The molecule has 31 heavy (non-hydrogen) atoms. The van der Waals surface area contributed by atoms with Crippen LogP contribution in [0.3, 0.4) is 0 Å². The summed E-state index contributed by atoms with van der Waals surface area (Å²) in [6, 6.07) is 20.3. The Bertz CT molecular complexity index is 1000. The van der Waals surface area contributed by atoms with Crippen molar-refractivity contribution in [2.45, 2.75) is 13.0 Å². The number of nitrogens with zero attached hydrogens (tertiary/aromatic N) is 2. The number of primary amides is 1. The lowest BCUT2D eigenvalue weighted by atomic mass is 10.1. The summed E-state index contributed by atoms with van der Waals surface area (Å²) < 4.78 is 5.42. The van der Waals surface area contributed by atoms with Crippen molar-refractivity contribution in [3.05, 3.63) is 78.0 Å². The first kappa shape index (κ1) is 20.7. The number of carbonyl (C=O) groups is 1. The number of nitrogens with one attached hydrogen (secondary N) is 2. The van der Waals surface area contributed by atoms with E-state index in [9.17, 15) is 4.79 Å². The van der Waals surface area contributed by atoms with Crippen LogP contribution in [0.15, 0.2) is 66.9 Å². The molecular formula is C24H27N5O2. The number of rotatable bonds is 8. The minimum Gasteiger partial charge on any atom is -0.381 e. The number of ether oxygens (including phenoxy) is 1. The fraction of sp³-hybridized carbons (Fsp3) is 0.250. The predicted octanol–water partition coefficient (Wildman–Crippen LogP) is 3.30. The SMILES string of the molecule is NC(=O)Cc1cnc(Nc2ccc(N3CCOCC3)cc2)cc1NCc1ccccc1. The molecule has 4 N–H and O–H groups in total. The fourth-order valence-corrected chi connectivity index (χ4v) is 3.56. The second-order valence-electron chi connectivity index (χ2n) is 7.48. The maximum absolute atomic E-state index is 11.5. The largest absolute Gasteiger partial charge is 0.381 e. The molecule has 160 valence electrons. The lowest BCUT2D eigenvalue weighted by molar-refractivity contribution is -0.117. The quantitative estimate of drug-likeness (QED) is 0.521. The summed E-state index contributed by atoms with van der Waals surface area (Å²) in [6.45, 7) is 3.99. The Balaban J connectivity index is 1.47. The molecule has 0 spiro atoms. The summed E-state index contributed by atoms with van der Waals surface area (Å²) in [6.07, 6.45) is 1.83. The smallest absolute Gasteiger partial charge is 0.221 e. The number of amides is 1. The van der Waals surface area contributed by atoms with Gasteiger partial charge in [0.2, 0.25) is 5.91 Å². The molecule has 1 saturated heterocycles. The number of hydrogen-bond donors (Lipinski definition) is 3. The van der Waals surface area contributed by atoms with E-state index in [2.05, 4.69) is 44.8 Å². The molecular weight excluding hydrogens is 390 g/mol. The monoisotopic (exact) mass is 417 g/mol. The summed E-state index contributed by atoms with van der Waals surface area (Å²) >= 11 is 0. The maximum atomic E-state index is 11.5. The first-order valence-electron chi connectivity index (χ1n) is 10.4. The Labute approximate surface area is 182 Å². The average Bonchev–Trinajstić information content (AvgIpc) is 2.80. The molecule has 2 heterocycles. The van der Waals surface area contributed by atoms with Gasteiger partial charge in [0.25, 0.3) is 0 Å². The minimum atomic E-state index is -0.385. The molecule has 7 heteroatoms. The Morgan fingerprint density at radius 3 is 2.52 bits per heavy atom. The number of anilines is 4. The molecule has 0 bridgehead atoms. The van der Waals surface area contributed by atoms with Crippen molar-refractivity contribution < 1.29 is 9.53 Å². The van der Waals surface area contributed by atoms with Crippen LogP contribution < -0.4 is 21.3 Å². The van der Waals surface area contributed by atoms with Crippen molar-refractivity contribution in [1.29, 1.82) is 0 Å². The van der Waals surface area contributed by atoms with E-state index in [1.54, 1.807) is 6.20 Å². The van der Waals surface area contributed by atoms with E-state index in [0.29, 0.717) is 12.4 Å². The summed E-state index contributed by atoms with van der Waals surface area (Å²) in [7, 11) is 0. The van der Waals surface area contributed by atoms with Gasteiger partial charge in [0.05, 0.1) is 19.6 Å². The van der Waals surface area contributed by atoms with E-state index in [1.165, 1.54) is 5.69 Å². The predicted molar refractivity (Wildman–Crippen MR) is 124 cm³/mol. The highest BCUT2D eigenvalue weighted by Gasteiger charge is 2.12. The lowest BCUT2D eigenvalue weighted by Crippen LogP contribution is -2.36. The summed E-state index contributed by atoms with van der Waals surface area (Å²) in [5.41, 5.74) is 10.3. The van der Waals surface area contributed by atoms with Crippen molar-refractivity contribution in [3.8, 4) is 0 Å². The van der Waals surface area contributed by atoms with Crippen LogP contribution >= 0.6 is 0 Å². The highest BCUT2D eigenvalue weighted by molar-refractivity contribution is 5.79. The second-order valence-corrected chi connectivity index (χ2v) is 7.48. The molecule has 7 nitrogen and oxygen atoms in total. The summed E-state index contributed by atoms with van der Waals surface area (Å²) in [5.74, 6) is 0.312. The Kier molecular flexibility index (Phi) is 6.64. The van der Waals surface area contributed by atoms with Gasteiger partial charge in [-0.25, -0.2) is 4.98 Å². The van der Waals surface area contributed by atoms with Crippen molar-refractivity contribution in [3.63, 3.8) is 0 Å². The highest BCUT2D eigenvalue weighted by Crippen LogP contribution is 2.25. The first-order chi connectivity index (χ1) is 15.2. The topological polar surface area (TPSA) is 92.5 Å². The molecule has 1 aliphatic heterocycles. The maximum Gasteiger partial charge on any atom is 0.221 e. The molecule has 4 rings (SSSR count). The van der Waals surface area contributed by atoms with Crippen LogP contribution in [-0.2, 0) is 22.5 Å². The number of pyridine rings is 1. The van der Waals surface area contributed by atoms with E-state index in [4.69, 9.17) is 10.5 Å². The highest BCUT2D eigenvalue weighted by atomic mass is 16.5. The van der Waals surface area contributed by atoms with Crippen LogP contribution in [0.1, 0.15) is 11.1 Å². The van der Waals surface area contributed by atoms with Gasteiger partial charge in [-0.1, -0.05) is 30.3 Å². The first-order valence-corrected chi connectivity index (χ1v) is 10.4. The summed E-state index contributed by atoms with van der Waals surface area (Å²) in [4.78, 5) is 18.3. The van der Waals surface area contributed by atoms with Crippen molar-refractivity contribution in [1.82, 2.24) is 4.98 Å². The van der Waals surface area contributed by atoms with Crippen molar-refractivity contribution >= 4 is 28.8 Å². The van der Waals surface area contributed by atoms with E-state index < -0.39 is 0 Å². The van der Waals surface area contributed by atoms with E-state index in [-0.39, 0.29) is 12.3 Å². The lowest BCUT2D eigenvalue weighted by Gasteiger charge is -2.28. The Morgan fingerprint density at radius 2 is 1.81 bits per heavy atom. The molecule has 1 aliphatic rings. The Hall–Kier alpha value is -3.58. The zero-order chi connectivity index (χ0) is 21.5. The van der Waals surface area contributed by atoms with Gasteiger partial charge in [-0.2, -0.15) is 0 Å². The minimum absolute atomic E-state index is 0.138. The average molecular weight is 418 g/mol. The zero-order valence-corrected chi connectivity index (χ0v) is 17.4. The van der Waals surface area contributed by atoms with Crippen LogP contribution in [0.4, 0.5) is 22.9 Å². The molecule has 0 radical (unpaired) electrons. The third-order valence-corrected chi connectivity index (χ3v) is 5.19. The van der Waals surface area contributed by atoms with E-state index in [1.807, 2.05) is 36.4 Å². The molecule has 1 amide bonds. The number of nitrogens with two attached hydrogens (primary N) is 1. The van der Waals surface area contributed by atoms with Gasteiger partial charge in [0.15, 0.2) is 0 Å². The third kappa shape index (κ3) is 5.73. The molecule has 2 aromatic carbocycles. The van der Waals surface area contributed by atoms with Gasteiger partial charge < -0.3 is 26.0 Å². The number of hydrogen-bond acceptors (Lipinski definition) is 6. The van der Waals surface area contributed by atoms with Crippen LogP contribution in [-0.4, -0.2) is 37.2 Å². The normalized spacial score (nSPS) is 13.6. The number of carbonyl (C=O) groups excluding carboxylic acids is 1. The molecule has 0 unspecified atom stereocenters. The van der Waals surface area contributed by atoms with Crippen molar-refractivity contribution in [2.75, 3.05) is 41.8 Å². The van der Waals surface area contributed by atoms with Crippen LogP contribution in [0.2, 0.25) is 0 Å². The number of aromatic nitrogens is 1. The summed E-state index contributed by atoms with van der Waals surface area (Å²) in [5, 5.41) is 6.75. The van der Waals surface area contributed by atoms with Gasteiger partial charge in [0.1, 0.15) is 5.82 Å². The molecule has 0 atom stereocenters. The third-order valence-electron chi connectivity index (χ3n) is 5.19. The molecule has 1 fully saturated rings. The van der Waals surface area contributed by atoms with Crippen molar-refractivity contribution in [2.24, 2.45) is 5.73 Å². The van der Waals surface area contributed by atoms with Crippen LogP contribution in [0.5, 0.6) is 0 Å². The second kappa shape index (κ2) is 9.95. The van der Waals surface area contributed by atoms with Gasteiger partial charge in [-0.05, 0) is 29.8 Å². The van der Waals surface area contributed by atoms with Gasteiger partial charge in [-0.15, -0.1) is 0 Å². The van der Waals surface area contributed by atoms with E-state index >= 15 is 0 Å². The Morgan fingerprint density at radius 1 is 1.06 bits per heavy atom. The molecule has 0 saturated carbocycles. The van der Waals surface area contributed by atoms with E-state index in [0.717, 1.165) is 48.8 Å². The standard InChI is InChI=1S/C24H27N5O2/c25-23(30)14-19-17-27-24(15-22(19)26-16-18-4-2-1-3-5-18)28-20-6-8-21(9-7-20)29-10-12-31-13-11-29/h1-9,15,17H,10-14,16H2,(H2,25,30)(H2,26,27,28). The molecule has 0 aliphatic carbocycles. The van der Waals surface area contributed by atoms with Crippen LogP contribution in [0, 0.1) is 0 Å². The van der Waals surface area contributed by atoms with Crippen LogP contribution in [0.25, 0.3) is 0 Å². The fourth-order valence-electron chi connectivity index (χ4n) is 3.56. The number of morpholine rings is 1. The molecule has 3 aromatic rings. The zero-order valence-electron chi connectivity index (χ0n) is 17.4. The van der Waals surface area contributed by atoms with Gasteiger partial charge >= 0.3 is 0 Å². The number of benzene rings is 2. The molecule has 1 aromatic heterocycles.